The van der Waals surface area contributed by atoms with Crippen LogP contribution in [0.4, 0.5) is 0 Å². The molecule has 0 spiro atoms. The third kappa shape index (κ3) is 3.14. The molecule has 0 aromatic heterocycles. The topological polar surface area (TPSA) is 29.5 Å². The molecule has 1 aromatic carbocycles. The van der Waals surface area contributed by atoms with Crippen molar-refractivity contribution >= 4 is 15.9 Å². The summed E-state index contributed by atoms with van der Waals surface area (Å²) in [7, 11) is 1.68. The molecule has 2 rings (SSSR count). The Labute approximate surface area is 124 Å². The van der Waals surface area contributed by atoms with Crippen molar-refractivity contribution in [1.82, 2.24) is 0 Å². The first-order valence-electron chi connectivity index (χ1n) is 6.81. The largest absolute Gasteiger partial charge is 0.496 e. The van der Waals surface area contributed by atoms with E-state index in [9.17, 15) is 5.11 Å². The summed E-state index contributed by atoms with van der Waals surface area (Å²) in [6, 6.07) is 5.97. The molecule has 1 fully saturated rings. The van der Waals surface area contributed by atoms with Gasteiger partial charge in [-0.3, -0.25) is 0 Å². The molecule has 1 aliphatic rings. The maximum Gasteiger partial charge on any atom is 0.122 e. The summed E-state index contributed by atoms with van der Waals surface area (Å²) in [4.78, 5) is 0. The zero-order valence-corrected chi connectivity index (χ0v) is 13.8. The van der Waals surface area contributed by atoms with Crippen molar-refractivity contribution in [3.05, 3.63) is 28.2 Å². The maximum absolute atomic E-state index is 11.0. The smallest absolute Gasteiger partial charge is 0.122 e. The van der Waals surface area contributed by atoms with Gasteiger partial charge in [-0.2, -0.15) is 0 Å². The monoisotopic (exact) mass is 326 g/mol. The van der Waals surface area contributed by atoms with Crippen LogP contribution in [-0.2, 0) is 6.42 Å². The van der Waals surface area contributed by atoms with Gasteiger partial charge in [0, 0.05) is 10.9 Å². The quantitative estimate of drug-likeness (QED) is 0.902. The first-order valence-corrected chi connectivity index (χ1v) is 7.60. The molecule has 1 aliphatic carbocycles. The van der Waals surface area contributed by atoms with Gasteiger partial charge in [0.15, 0.2) is 0 Å². The molecule has 2 unspecified atom stereocenters. The van der Waals surface area contributed by atoms with E-state index in [1.807, 2.05) is 12.1 Å². The Morgan fingerprint density at radius 1 is 1.42 bits per heavy atom. The molecule has 19 heavy (non-hydrogen) atoms. The van der Waals surface area contributed by atoms with Crippen molar-refractivity contribution in [1.29, 1.82) is 0 Å². The van der Waals surface area contributed by atoms with Crippen LogP contribution in [0.5, 0.6) is 5.75 Å². The predicted molar refractivity (Wildman–Crippen MR) is 81.5 cm³/mol. The highest BCUT2D eigenvalue weighted by molar-refractivity contribution is 9.10. The van der Waals surface area contributed by atoms with Gasteiger partial charge in [0.25, 0.3) is 0 Å². The van der Waals surface area contributed by atoms with E-state index in [1.54, 1.807) is 7.11 Å². The molecule has 0 saturated heterocycles. The zero-order valence-electron chi connectivity index (χ0n) is 12.2. The number of ether oxygens (including phenoxy) is 1. The normalized spacial score (nSPS) is 29.5. The van der Waals surface area contributed by atoms with Crippen LogP contribution in [-0.4, -0.2) is 17.8 Å². The minimum atomic E-state index is -0.627. The van der Waals surface area contributed by atoms with Gasteiger partial charge in [-0.1, -0.05) is 36.7 Å². The number of benzene rings is 1. The van der Waals surface area contributed by atoms with Crippen molar-refractivity contribution in [2.24, 2.45) is 11.3 Å². The Balaban J connectivity index is 2.28. The summed E-state index contributed by atoms with van der Waals surface area (Å²) in [6.45, 7) is 6.62. The first kappa shape index (κ1) is 14.9. The molecule has 1 saturated carbocycles. The van der Waals surface area contributed by atoms with E-state index >= 15 is 0 Å². The minimum Gasteiger partial charge on any atom is -0.496 e. The van der Waals surface area contributed by atoms with Crippen molar-refractivity contribution in [3.63, 3.8) is 0 Å². The van der Waals surface area contributed by atoms with E-state index in [-0.39, 0.29) is 5.41 Å². The maximum atomic E-state index is 11.0. The summed E-state index contributed by atoms with van der Waals surface area (Å²) < 4.78 is 6.44. The van der Waals surface area contributed by atoms with E-state index in [0.29, 0.717) is 12.3 Å². The Morgan fingerprint density at radius 3 is 2.63 bits per heavy atom. The lowest BCUT2D eigenvalue weighted by Gasteiger charge is -2.29. The predicted octanol–water partition coefficient (Wildman–Crippen LogP) is 4.19. The fourth-order valence-corrected chi connectivity index (χ4v) is 3.95. The second kappa shape index (κ2) is 5.10. The molecule has 0 bridgehead atoms. The molecule has 0 amide bonds. The van der Waals surface area contributed by atoms with E-state index < -0.39 is 5.60 Å². The molecular weight excluding hydrogens is 304 g/mol. The van der Waals surface area contributed by atoms with Crippen molar-refractivity contribution in [2.45, 2.75) is 45.6 Å². The average Bonchev–Trinajstić information content (AvgIpc) is 2.47. The second-order valence-electron chi connectivity index (χ2n) is 6.68. The highest BCUT2D eigenvalue weighted by Crippen LogP contribution is 2.49. The van der Waals surface area contributed by atoms with Crippen LogP contribution in [0.15, 0.2) is 22.7 Å². The number of aliphatic hydroxyl groups is 1. The molecule has 2 nitrogen and oxygen atoms in total. The van der Waals surface area contributed by atoms with Gasteiger partial charge in [0.1, 0.15) is 5.75 Å². The summed E-state index contributed by atoms with van der Waals surface area (Å²) in [6.07, 6.45) is 2.57. The van der Waals surface area contributed by atoms with Crippen LogP contribution in [0, 0.1) is 11.3 Å². The Kier molecular flexibility index (Phi) is 3.99. The number of methoxy groups -OCH3 is 1. The van der Waals surface area contributed by atoms with Crippen molar-refractivity contribution in [3.8, 4) is 5.75 Å². The van der Waals surface area contributed by atoms with E-state index in [4.69, 9.17) is 4.74 Å². The van der Waals surface area contributed by atoms with Gasteiger partial charge in [0.05, 0.1) is 12.7 Å². The molecule has 1 aromatic rings. The number of hydrogen-bond acceptors (Lipinski definition) is 2. The highest BCUT2D eigenvalue weighted by Gasteiger charge is 2.47. The molecule has 2 atom stereocenters. The first-order chi connectivity index (χ1) is 8.76. The van der Waals surface area contributed by atoms with E-state index in [2.05, 4.69) is 42.8 Å². The zero-order chi connectivity index (χ0) is 14.3. The van der Waals surface area contributed by atoms with Crippen LogP contribution < -0.4 is 4.74 Å². The van der Waals surface area contributed by atoms with Crippen LogP contribution in [0.25, 0.3) is 0 Å². The number of hydrogen-bond donors (Lipinski definition) is 1. The molecule has 0 aliphatic heterocycles. The number of halogens is 1. The standard InChI is InChI=1S/C16H23BrO2/c1-11-8-15(2,3)10-16(11,18)9-12-7-13(17)5-6-14(12)19-4/h5-7,11,18H,8-10H2,1-4H3. The van der Waals surface area contributed by atoms with Crippen molar-refractivity contribution < 1.29 is 9.84 Å². The van der Waals surface area contributed by atoms with Gasteiger partial charge in [-0.25, -0.2) is 0 Å². The lowest BCUT2D eigenvalue weighted by Crippen LogP contribution is -2.34. The summed E-state index contributed by atoms with van der Waals surface area (Å²) in [5.41, 5.74) is 0.661. The van der Waals surface area contributed by atoms with Crippen LogP contribution >= 0.6 is 15.9 Å². The Hall–Kier alpha value is -0.540. The average molecular weight is 327 g/mol. The lowest BCUT2D eigenvalue weighted by atomic mass is 9.84. The molecule has 1 N–H and O–H groups in total. The third-order valence-corrected chi connectivity index (χ3v) is 4.79. The van der Waals surface area contributed by atoms with Gasteiger partial charge < -0.3 is 9.84 Å². The van der Waals surface area contributed by atoms with Gasteiger partial charge in [0.2, 0.25) is 0 Å². The summed E-state index contributed by atoms with van der Waals surface area (Å²) >= 11 is 3.49. The molecule has 0 heterocycles. The van der Waals surface area contributed by atoms with Crippen LogP contribution in [0.2, 0.25) is 0 Å². The molecule has 3 heteroatoms. The van der Waals surface area contributed by atoms with Gasteiger partial charge in [-0.05, 0) is 47.9 Å². The van der Waals surface area contributed by atoms with Crippen LogP contribution in [0.1, 0.15) is 39.2 Å². The summed E-state index contributed by atoms with van der Waals surface area (Å²) in [5.74, 6) is 1.17. The third-order valence-electron chi connectivity index (χ3n) is 4.30. The number of rotatable bonds is 3. The fraction of sp³-hybridized carbons (Fsp3) is 0.625. The molecule has 106 valence electrons. The van der Waals surface area contributed by atoms with E-state index in [1.165, 1.54) is 0 Å². The minimum absolute atomic E-state index is 0.216. The molecular formula is C16H23BrO2. The lowest BCUT2D eigenvalue weighted by molar-refractivity contribution is 0.00398. The highest BCUT2D eigenvalue weighted by atomic mass is 79.9. The van der Waals surface area contributed by atoms with Gasteiger partial charge in [-0.15, -0.1) is 0 Å². The van der Waals surface area contributed by atoms with E-state index in [0.717, 1.165) is 28.6 Å². The molecule has 0 radical (unpaired) electrons. The Morgan fingerprint density at radius 2 is 2.11 bits per heavy atom. The SMILES string of the molecule is COc1ccc(Br)cc1CC1(O)CC(C)(C)CC1C. The summed E-state index contributed by atoms with van der Waals surface area (Å²) in [5, 5.41) is 11.0. The fourth-order valence-electron chi connectivity index (χ4n) is 3.55. The second-order valence-corrected chi connectivity index (χ2v) is 7.60. The Bertz CT molecular complexity index is 470. The van der Waals surface area contributed by atoms with Gasteiger partial charge >= 0.3 is 0 Å². The van der Waals surface area contributed by atoms with Crippen molar-refractivity contribution in [2.75, 3.05) is 7.11 Å². The van der Waals surface area contributed by atoms with Crippen LogP contribution in [0.3, 0.4) is 0 Å².